The van der Waals surface area contributed by atoms with Crippen molar-refractivity contribution < 1.29 is 18.8 Å². The molecule has 0 aromatic rings. The lowest BCUT2D eigenvalue weighted by molar-refractivity contribution is -0.149. The maximum Gasteiger partial charge on any atom is 0.346 e. The number of hydrogen-bond acceptors (Lipinski definition) is 4. The summed E-state index contributed by atoms with van der Waals surface area (Å²) in [5, 5.41) is 0. The number of carbonyl (C=O) groups is 2. The molecule has 1 unspecified atom stereocenters. The summed E-state index contributed by atoms with van der Waals surface area (Å²) in [6.07, 6.45) is 8.87. The van der Waals surface area contributed by atoms with Gasteiger partial charge in [-0.05, 0) is 82.0 Å². The van der Waals surface area contributed by atoms with E-state index in [4.69, 9.17) is 9.16 Å². The van der Waals surface area contributed by atoms with Gasteiger partial charge in [0.2, 0.25) is 0 Å². The first-order chi connectivity index (χ1) is 12.4. The SMILES string of the molecule is C[C@H](CCC1=C[C@](C)(O[Si](C)(C)C)C(=O)O1)[C@H]1CCC2C(=O)CCC[C@]21C. The van der Waals surface area contributed by atoms with Gasteiger partial charge in [-0.15, -0.1) is 0 Å². The van der Waals surface area contributed by atoms with Gasteiger partial charge >= 0.3 is 5.97 Å². The topological polar surface area (TPSA) is 52.6 Å². The Balaban J connectivity index is 1.62. The predicted octanol–water partition coefficient (Wildman–Crippen LogP) is 5.24. The van der Waals surface area contributed by atoms with Gasteiger partial charge in [0, 0.05) is 18.8 Å². The number of carbonyl (C=O) groups excluding carboxylic acids is 2. The van der Waals surface area contributed by atoms with Gasteiger partial charge in [-0.25, -0.2) is 4.79 Å². The molecule has 0 radical (unpaired) electrons. The fourth-order valence-electron chi connectivity index (χ4n) is 5.92. The van der Waals surface area contributed by atoms with E-state index >= 15 is 0 Å². The summed E-state index contributed by atoms with van der Waals surface area (Å²) >= 11 is 0. The molecular weight excluding hydrogens is 356 g/mol. The molecule has 1 aliphatic heterocycles. The Hall–Kier alpha value is -0.943. The number of fused-ring (bicyclic) bond motifs is 1. The number of cyclic esters (lactones) is 1. The van der Waals surface area contributed by atoms with Gasteiger partial charge in [0.05, 0.1) is 0 Å². The smallest absolute Gasteiger partial charge is 0.346 e. The van der Waals surface area contributed by atoms with Crippen molar-refractivity contribution in [2.24, 2.45) is 23.2 Å². The Bertz CT molecular complexity index is 649. The van der Waals surface area contributed by atoms with Crippen LogP contribution in [0.5, 0.6) is 0 Å². The van der Waals surface area contributed by atoms with E-state index in [1.54, 1.807) is 0 Å². The van der Waals surface area contributed by atoms with E-state index in [0.717, 1.165) is 44.3 Å². The molecule has 3 aliphatic rings. The first-order valence-corrected chi connectivity index (χ1v) is 14.0. The third-order valence-electron chi connectivity index (χ3n) is 7.05. The average Bonchev–Trinajstić information content (AvgIpc) is 3.01. The number of Topliss-reactive ketones (excluding diaryl/α,β-unsaturated/α-hetero) is 1. The van der Waals surface area contributed by atoms with E-state index in [0.29, 0.717) is 17.6 Å². The van der Waals surface area contributed by atoms with Gasteiger partial charge in [-0.2, -0.15) is 0 Å². The van der Waals surface area contributed by atoms with Gasteiger partial charge in [0.25, 0.3) is 0 Å². The molecule has 2 saturated carbocycles. The van der Waals surface area contributed by atoms with Crippen LogP contribution in [0.25, 0.3) is 0 Å². The highest BCUT2D eigenvalue weighted by Gasteiger charge is 2.52. The molecular formula is C22H36O4Si. The molecule has 2 aliphatic carbocycles. The van der Waals surface area contributed by atoms with Crippen LogP contribution in [-0.4, -0.2) is 25.7 Å². The Kier molecular flexibility index (Phi) is 5.50. The van der Waals surface area contributed by atoms with Crippen LogP contribution in [-0.2, 0) is 18.8 Å². The van der Waals surface area contributed by atoms with Crippen molar-refractivity contribution in [3.63, 3.8) is 0 Å². The van der Waals surface area contributed by atoms with Crippen molar-refractivity contribution in [3.8, 4) is 0 Å². The van der Waals surface area contributed by atoms with Crippen LogP contribution in [0.4, 0.5) is 0 Å². The number of ketones is 1. The number of esters is 1. The summed E-state index contributed by atoms with van der Waals surface area (Å²) in [5.74, 6) is 2.36. The molecule has 0 bridgehead atoms. The number of rotatable bonds is 6. The summed E-state index contributed by atoms with van der Waals surface area (Å²) in [5.41, 5.74) is -0.756. The van der Waals surface area contributed by atoms with Gasteiger partial charge in [-0.3, -0.25) is 4.79 Å². The molecule has 5 heteroatoms. The molecule has 0 N–H and O–H groups in total. The third kappa shape index (κ3) is 4.09. The first-order valence-electron chi connectivity index (χ1n) is 10.6. The molecule has 4 nitrogen and oxygen atoms in total. The monoisotopic (exact) mass is 392 g/mol. The summed E-state index contributed by atoms with van der Waals surface area (Å²) < 4.78 is 11.6. The maximum absolute atomic E-state index is 12.4. The highest BCUT2D eigenvalue weighted by Crippen LogP contribution is 2.57. The van der Waals surface area contributed by atoms with E-state index < -0.39 is 13.9 Å². The lowest BCUT2D eigenvalue weighted by atomic mass is 9.62. The summed E-state index contributed by atoms with van der Waals surface area (Å²) in [6, 6.07) is 0. The second-order valence-corrected chi connectivity index (χ2v) is 14.8. The number of allylic oxidation sites excluding steroid dienone is 1. The summed E-state index contributed by atoms with van der Waals surface area (Å²) in [7, 11) is -1.85. The van der Waals surface area contributed by atoms with Crippen molar-refractivity contribution in [1.82, 2.24) is 0 Å². The second kappa shape index (κ2) is 7.14. The Morgan fingerprint density at radius 2 is 1.96 bits per heavy atom. The molecule has 1 heterocycles. The Morgan fingerprint density at radius 1 is 1.26 bits per heavy atom. The molecule has 27 heavy (non-hydrogen) atoms. The Labute approximate surface area is 165 Å². The molecule has 2 fully saturated rings. The highest BCUT2D eigenvalue weighted by atomic mass is 28.4. The van der Waals surface area contributed by atoms with Crippen LogP contribution < -0.4 is 0 Å². The van der Waals surface area contributed by atoms with Gasteiger partial charge in [-0.1, -0.05) is 13.8 Å². The van der Waals surface area contributed by atoms with Crippen molar-refractivity contribution in [3.05, 3.63) is 11.8 Å². The minimum absolute atomic E-state index is 0.172. The van der Waals surface area contributed by atoms with Crippen LogP contribution in [0.3, 0.4) is 0 Å². The molecule has 0 spiro atoms. The quantitative estimate of drug-likeness (QED) is 0.458. The van der Waals surface area contributed by atoms with Crippen molar-refractivity contribution in [2.75, 3.05) is 0 Å². The molecule has 0 aromatic carbocycles. The fraction of sp³-hybridized carbons (Fsp3) is 0.818. The largest absolute Gasteiger partial charge is 0.429 e. The second-order valence-electron chi connectivity index (χ2n) is 10.4. The lowest BCUT2D eigenvalue weighted by Gasteiger charge is -2.42. The predicted molar refractivity (Wildman–Crippen MR) is 109 cm³/mol. The molecule has 0 aromatic heterocycles. The average molecular weight is 393 g/mol. The Morgan fingerprint density at radius 3 is 2.63 bits per heavy atom. The van der Waals surface area contributed by atoms with Crippen LogP contribution in [0.2, 0.25) is 19.6 Å². The van der Waals surface area contributed by atoms with E-state index in [-0.39, 0.29) is 17.3 Å². The van der Waals surface area contributed by atoms with Gasteiger partial charge in [0.1, 0.15) is 11.5 Å². The number of hydrogen-bond donors (Lipinski definition) is 0. The van der Waals surface area contributed by atoms with Crippen LogP contribution in [0, 0.1) is 23.2 Å². The molecule has 0 amide bonds. The minimum atomic E-state index is -1.85. The van der Waals surface area contributed by atoms with Crippen molar-refractivity contribution in [1.29, 1.82) is 0 Å². The highest BCUT2D eigenvalue weighted by molar-refractivity contribution is 6.70. The van der Waals surface area contributed by atoms with E-state index in [1.165, 1.54) is 6.42 Å². The fourth-order valence-corrected chi connectivity index (χ4v) is 7.34. The van der Waals surface area contributed by atoms with Crippen molar-refractivity contribution >= 4 is 20.1 Å². The van der Waals surface area contributed by atoms with Crippen LogP contribution >= 0.6 is 0 Å². The normalized spacial score (nSPS) is 37.8. The van der Waals surface area contributed by atoms with Gasteiger partial charge < -0.3 is 9.16 Å². The summed E-state index contributed by atoms with van der Waals surface area (Å²) in [6.45, 7) is 12.7. The van der Waals surface area contributed by atoms with Crippen LogP contribution in [0.1, 0.15) is 65.7 Å². The molecule has 3 rings (SSSR count). The van der Waals surface area contributed by atoms with Gasteiger partial charge in [0.15, 0.2) is 13.9 Å². The third-order valence-corrected chi connectivity index (χ3v) is 8.09. The lowest BCUT2D eigenvalue weighted by Crippen LogP contribution is -2.43. The zero-order chi connectivity index (χ0) is 20.0. The minimum Gasteiger partial charge on any atom is -0.429 e. The maximum atomic E-state index is 12.4. The molecule has 0 saturated heterocycles. The van der Waals surface area contributed by atoms with Crippen molar-refractivity contribution in [2.45, 2.75) is 91.0 Å². The van der Waals surface area contributed by atoms with E-state index in [9.17, 15) is 9.59 Å². The standard InChI is InChI=1S/C22H36O4Si/c1-15(17-11-12-18-19(23)8-7-13-21(17,18)2)9-10-16-14-22(3,20(24)25-16)26-27(4,5)6/h14-15,17-18H,7-13H2,1-6H3/t15-,17-,18?,21+,22+/m1/s1. The molecule has 5 atom stereocenters. The van der Waals surface area contributed by atoms with E-state index in [1.807, 2.05) is 13.0 Å². The first kappa shape index (κ1) is 20.8. The number of ether oxygens (including phenoxy) is 1. The zero-order valence-electron chi connectivity index (χ0n) is 17.9. The zero-order valence-corrected chi connectivity index (χ0v) is 18.9. The van der Waals surface area contributed by atoms with E-state index in [2.05, 4.69) is 33.5 Å². The summed E-state index contributed by atoms with van der Waals surface area (Å²) in [4.78, 5) is 24.7. The van der Waals surface area contributed by atoms with Crippen LogP contribution in [0.15, 0.2) is 11.8 Å². The molecule has 152 valence electrons.